The number of hydrogen-bond donors (Lipinski definition) is 6. The smallest absolute Gasteiger partial charge is 0.240 e. The predicted molar refractivity (Wildman–Crippen MR) is 56.6 cm³/mol. The number of rotatable bonds is 6. The molecule has 7 N–H and O–H groups in total. The summed E-state index contributed by atoms with van der Waals surface area (Å²) >= 11 is 0. The van der Waals surface area contributed by atoms with Gasteiger partial charge in [-0.1, -0.05) is 6.58 Å². The van der Waals surface area contributed by atoms with Gasteiger partial charge in [0.15, 0.2) is 6.29 Å². The zero-order valence-electron chi connectivity index (χ0n) is 9.01. The maximum atomic E-state index is 9.90. The van der Waals surface area contributed by atoms with Crippen molar-refractivity contribution < 1.29 is 35.1 Å². The molecular weight excluding hydrogens is 234 g/mol. The Hall–Kier alpha value is -1.32. The fourth-order valence-electron chi connectivity index (χ4n) is 0.618. The Bertz CT molecular complexity index is 245. The van der Waals surface area contributed by atoms with E-state index in [1.807, 2.05) is 0 Å². The van der Waals surface area contributed by atoms with Gasteiger partial charge in [-0.3, -0.25) is 4.79 Å². The van der Waals surface area contributed by atoms with Crippen LogP contribution in [0.2, 0.25) is 0 Å². The quantitative estimate of drug-likeness (QED) is 0.209. The van der Waals surface area contributed by atoms with Gasteiger partial charge in [-0.05, 0) is 6.08 Å². The van der Waals surface area contributed by atoms with Crippen molar-refractivity contribution in [1.82, 2.24) is 0 Å². The van der Waals surface area contributed by atoms with Crippen LogP contribution in [0.3, 0.4) is 0 Å². The minimum atomic E-state index is -1.79. The van der Waals surface area contributed by atoms with Crippen LogP contribution in [-0.4, -0.2) is 68.7 Å². The van der Waals surface area contributed by atoms with E-state index < -0.39 is 36.9 Å². The molecule has 1 amide bonds. The van der Waals surface area contributed by atoms with Gasteiger partial charge in [0.25, 0.3) is 0 Å². The van der Waals surface area contributed by atoms with Crippen molar-refractivity contribution in [2.75, 3.05) is 6.61 Å². The summed E-state index contributed by atoms with van der Waals surface area (Å²) in [7, 11) is 0. The normalized spacial score (nSPS) is 16.8. The van der Waals surface area contributed by atoms with Crippen LogP contribution in [0, 0.1) is 0 Å². The average Bonchev–Trinajstić information content (AvgIpc) is 2.35. The second-order valence-electron chi connectivity index (χ2n) is 2.96. The van der Waals surface area contributed by atoms with Gasteiger partial charge in [-0.2, -0.15) is 0 Å². The van der Waals surface area contributed by atoms with Crippen molar-refractivity contribution in [3.63, 3.8) is 0 Å². The molecule has 0 fully saturated rings. The molecule has 8 heteroatoms. The lowest BCUT2D eigenvalue weighted by molar-refractivity contribution is -0.136. The summed E-state index contributed by atoms with van der Waals surface area (Å²) in [6.45, 7) is 2.33. The van der Waals surface area contributed by atoms with Crippen LogP contribution in [0.25, 0.3) is 0 Å². The van der Waals surface area contributed by atoms with Gasteiger partial charge in [0.2, 0.25) is 5.91 Å². The first-order valence-corrected chi connectivity index (χ1v) is 4.52. The van der Waals surface area contributed by atoms with Gasteiger partial charge in [-0.15, -0.1) is 0 Å². The molecule has 0 aliphatic heterocycles. The zero-order chi connectivity index (χ0) is 14.0. The highest BCUT2D eigenvalue weighted by atomic mass is 16.4. The third-order valence-corrected chi connectivity index (χ3v) is 1.62. The van der Waals surface area contributed by atoms with Gasteiger partial charge in [0.1, 0.15) is 24.4 Å². The second-order valence-corrected chi connectivity index (χ2v) is 2.96. The van der Waals surface area contributed by atoms with Crippen LogP contribution in [0.5, 0.6) is 0 Å². The molecule has 0 heterocycles. The molecule has 17 heavy (non-hydrogen) atoms. The monoisotopic (exact) mass is 251 g/mol. The number of carbonyl (C=O) groups excluding carboxylic acids is 2. The molecule has 0 aliphatic rings. The highest BCUT2D eigenvalue weighted by Gasteiger charge is 2.29. The van der Waals surface area contributed by atoms with Crippen molar-refractivity contribution in [2.45, 2.75) is 24.4 Å². The molecule has 0 aromatic carbocycles. The van der Waals surface area contributed by atoms with Crippen LogP contribution in [0.1, 0.15) is 0 Å². The Morgan fingerprint density at radius 1 is 1.24 bits per heavy atom. The van der Waals surface area contributed by atoms with Crippen molar-refractivity contribution in [1.29, 1.82) is 0 Å². The Labute approximate surface area is 97.6 Å². The maximum absolute atomic E-state index is 9.90. The third-order valence-electron chi connectivity index (χ3n) is 1.62. The predicted octanol–water partition coefficient (Wildman–Crippen LogP) is -3.72. The lowest BCUT2D eigenvalue weighted by Crippen LogP contribution is -2.46. The standard InChI is InChI=1S/C6H12O6.C3H5NO/c7-1-3(9)5(11)6(12)4(10)2-8;1-2-3(4)5/h1,3-6,8-12H,2H2;2H,1H2,(H2,4,5)/t3-,4-,5-,6-;/m1./s1. The molecule has 4 atom stereocenters. The van der Waals surface area contributed by atoms with Crippen molar-refractivity contribution in [3.8, 4) is 0 Å². The fourth-order valence-corrected chi connectivity index (χ4v) is 0.618. The van der Waals surface area contributed by atoms with E-state index in [0.29, 0.717) is 0 Å². The molecule has 0 radical (unpaired) electrons. The van der Waals surface area contributed by atoms with E-state index in [1.54, 1.807) is 0 Å². The third kappa shape index (κ3) is 8.48. The minimum absolute atomic E-state index is 0.0258. The highest BCUT2D eigenvalue weighted by molar-refractivity contribution is 5.84. The van der Waals surface area contributed by atoms with Crippen LogP contribution >= 0.6 is 0 Å². The van der Waals surface area contributed by atoms with Crippen LogP contribution in [0.15, 0.2) is 12.7 Å². The molecule has 100 valence electrons. The number of aliphatic hydroxyl groups is 5. The summed E-state index contributed by atoms with van der Waals surface area (Å²) in [6.07, 6.45) is -5.78. The number of aliphatic hydroxyl groups excluding tert-OH is 5. The number of nitrogens with two attached hydrogens (primary N) is 1. The number of hydrogen-bond acceptors (Lipinski definition) is 7. The van der Waals surface area contributed by atoms with E-state index in [9.17, 15) is 9.59 Å². The topological polar surface area (TPSA) is 161 Å². The summed E-state index contributed by atoms with van der Waals surface area (Å²) in [4.78, 5) is 19.4. The van der Waals surface area contributed by atoms with E-state index in [0.717, 1.165) is 6.08 Å². The molecule has 0 saturated carbocycles. The Balaban J connectivity index is 0. The molecule has 8 nitrogen and oxygen atoms in total. The number of carbonyl (C=O) groups is 2. The molecule has 0 aromatic rings. The lowest BCUT2D eigenvalue weighted by atomic mass is 10.0. The van der Waals surface area contributed by atoms with E-state index in [1.165, 1.54) is 0 Å². The minimum Gasteiger partial charge on any atom is -0.394 e. The highest BCUT2D eigenvalue weighted by Crippen LogP contribution is 2.02. The van der Waals surface area contributed by atoms with Gasteiger partial charge in [-0.25, -0.2) is 0 Å². The summed E-state index contributed by atoms with van der Waals surface area (Å²) in [5, 5.41) is 43.5. The van der Waals surface area contributed by atoms with Gasteiger partial charge >= 0.3 is 0 Å². The van der Waals surface area contributed by atoms with Crippen molar-refractivity contribution in [2.24, 2.45) is 5.73 Å². The Morgan fingerprint density at radius 2 is 1.65 bits per heavy atom. The summed E-state index contributed by atoms with van der Waals surface area (Å²) in [5.41, 5.74) is 4.53. The van der Waals surface area contributed by atoms with E-state index in [-0.39, 0.29) is 6.29 Å². The van der Waals surface area contributed by atoms with Crippen molar-refractivity contribution in [3.05, 3.63) is 12.7 Å². The van der Waals surface area contributed by atoms with Crippen LogP contribution in [0.4, 0.5) is 0 Å². The molecule has 0 rings (SSSR count). The zero-order valence-corrected chi connectivity index (χ0v) is 9.01. The Kier molecular flexibility index (Phi) is 10.5. The molecule has 0 aliphatic carbocycles. The van der Waals surface area contributed by atoms with Gasteiger partial charge < -0.3 is 36.1 Å². The van der Waals surface area contributed by atoms with E-state index in [2.05, 4.69) is 12.3 Å². The number of primary amides is 1. The first-order chi connectivity index (χ1) is 7.81. The molecule has 0 bridgehead atoms. The first kappa shape index (κ1) is 18.1. The molecule has 0 unspecified atom stereocenters. The molecule has 0 saturated heterocycles. The molecule has 0 aromatic heterocycles. The average molecular weight is 251 g/mol. The van der Waals surface area contributed by atoms with Crippen LogP contribution < -0.4 is 5.73 Å². The number of aldehydes is 1. The SMILES string of the molecule is C=CC(N)=O.O=C[C@@H](O)[C@@H](O)[C@H](O)[C@H](O)CO. The summed E-state index contributed by atoms with van der Waals surface area (Å²) < 4.78 is 0. The van der Waals surface area contributed by atoms with Gasteiger partial charge in [0, 0.05) is 0 Å². The van der Waals surface area contributed by atoms with Gasteiger partial charge in [0.05, 0.1) is 6.61 Å². The van der Waals surface area contributed by atoms with Crippen LogP contribution in [-0.2, 0) is 9.59 Å². The molecule has 0 spiro atoms. The fraction of sp³-hybridized carbons (Fsp3) is 0.556. The lowest BCUT2D eigenvalue weighted by Gasteiger charge is -2.22. The second kappa shape index (κ2) is 9.87. The summed E-state index contributed by atoms with van der Waals surface area (Å²) in [6, 6.07) is 0. The van der Waals surface area contributed by atoms with E-state index >= 15 is 0 Å². The molecular formula is C9H17NO7. The number of amides is 1. The Morgan fingerprint density at radius 3 is 1.88 bits per heavy atom. The first-order valence-electron chi connectivity index (χ1n) is 4.52. The largest absolute Gasteiger partial charge is 0.394 e. The van der Waals surface area contributed by atoms with Crippen molar-refractivity contribution >= 4 is 12.2 Å². The summed E-state index contributed by atoms with van der Waals surface area (Å²) in [5.74, 6) is -0.481. The maximum Gasteiger partial charge on any atom is 0.240 e. The van der Waals surface area contributed by atoms with E-state index in [4.69, 9.17) is 25.5 Å².